The number of hydrogen-bond donors (Lipinski definition) is 0. The Labute approximate surface area is 329 Å². The zero-order valence-corrected chi connectivity index (χ0v) is 37.3. The summed E-state index contributed by atoms with van der Waals surface area (Å²) < 4.78 is 19.2. The van der Waals surface area contributed by atoms with Crippen molar-refractivity contribution in [3.05, 3.63) is 182 Å². The van der Waals surface area contributed by atoms with Crippen molar-refractivity contribution in [2.45, 2.75) is 0 Å². The van der Waals surface area contributed by atoms with Gasteiger partial charge in [-0.25, -0.2) is 0 Å². The predicted molar refractivity (Wildman–Crippen MR) is 215 cm³/mol. The van der Waals surface area contributed by atoms with Gasteiger partial charge in [0.1, 0.15) is 0 Å². The third-order valence-electron chi connectivity index (χ3n) is 7.02. The number of rotatable bonds is 12. The van der Waals surface area contributed by atoms with Gasteiger partial charge in [-0.1, -0.05) is 0 Å². The zero-order chi connectivity index (χ0) is 32.4. The molecule has 0 aliphatic rings. The summed E-state index contributed by atoms with van der Waals surface area (Å²) in [6.07, 6.45) is 0. The number of benzene rings is 7. The fraction of sp³-hybridized carbons (Fsp3) is 0. The van der Waals surface area contributed by atoms with Crippen LogP contribution >= 0.6 is 0 Å². The summed E-state index contributed by atoms with van der Waals surface area (Å²) in [4.78, 5) is 0. The van der Waals surface area contributed by atoms with E-state index in [0.717, 1.165) is 0 Å². The molecule has 7 rings (SSSR count). The van der Waals surface area contributed by atoms with E-state index in [1.165, 1.54) is 25.1 Å². The second kappa shape index (κ2) is 17.9. The maximum absolute atomic E-state index is 2.39. The summed E-state index contributed by atoms with van der Waals surface area (Å²) in [6.45, 7) is 0. The van der Waals surface area contributed by atoms with Gasteiger partial charge < -0.3 is 0 Å². The van der Waals surface area contributed by atoms with Crippen LogP contribution < -0.4 is 50.1 Å². The summed E-state index contributed by atoms with van der Waals surface area (Å²) in [7, 11) is 0. The molecule has 6 heteroatoms. The van der Waals surface area contributed by atoms with Gasteiger partial charge in [0.25, 0.3) is 0 Å². The van der Waals surface area contributed by atoms with Crippen LogP contribution in [-0.2, 0) is 0 Å². The van der Waals surface area contributed by atoms with E-state index in [-0.39, 0.29) is 59.8 Å². The normalized spacial score (nSPS) is 11.0. The SMILES string of the molecule is c1ccc([Se]c2c([Se]c3ccccc3)c([Te]c3ccccc3)c([Se]c3ccccc3)c([Se]c3ccccc3)c2[Te]c2ccccc2)cc1. The molecule has 7 aromatic rings. The minimum absolute atomic E-state index is 0.209. The fourth-order valence-corrected chi connectivity index (χ4v) is 26.9. The Morgan fingerprint density at radius 3 is 0.688 bits per heavy atom. The molecule has 0 nitrogen and oxygen atoms in total. The Morgan fingerprint density at radius 1 is 0.250 bits per heavy atom. The van der Waals surface area contributed by atoms with Gasteiger partial charge >= 0.3 is 334 Å². The molecule has 0 bridgehead atoms. The van der Waals surface area contributed by atoms with Crippen LogP contribution in [-0.4, -0.2) is 102 Å². The Hall–Kier alpha value is -1.80. The van der Waals surface area contributed by atoms with Crippen molar-refractivity contribution in [1.29, 1.82) is 0 Å². The van der Waals surface area contributed by atoms with Gasteiger partial charge in [-0.15, -0.1) is 0 Å². The van der Waals surface area contributed by atoms with Crippen molar-refractivity contribution < 1.29 is 0 Å². The van der Waals surface area contributed by atoms with Crippen molar-refractivity contribution in [2.75, 3.05) is 0 Å². The third kappa shape index (κ3) is 9.29. The molecular formula is C42H30Se4Te2. The van der Waals surface area contributed by atoms with E-state index in [0.29, 0.717) is 0 Å². The molecule has 0 N–H and O–H groups in total. The van der Waals surface area contributed by atoms with Gasteiger partial charge in [-0.3, -0.25) is 0 Å². The van der Waals surface area contributed by atoms with Gasteiger partial charge in [0, 0.05) is 0 Å². The third-order valence-corrected chi connectivity index (χ3v) is 27.7. The zero-order valence-electron chi connectivity index (χ0n) is 25.8. The van der Waals surface area contributed by atoms with Crippen LogP contribution in [0.5, 0.6) is 0 Å². The minimum atomic E-state index is -0.655. The van der Waals surface area contributed by atoms with Gasteiger partial charge in [-0.2, -0.15) is 0 Å². The van der Waals surface area contributed by atoms with Crippen LogP contribution in [0.4, 0.5) is 0 Å². The first-order valence-electron chi connectivity index (χ1n) is 15.4. The van der Waals surface area contributed by atoms with Gasteiger partial charge in [0.2, 0.25) is 0 Å². The summed E-state index contributed by atoms with van der Waals surface area (Å²) in [5.74, 6) is 0. The summed E-state index contributed by atoms with van der Waals surface area (Å²) in [6, 6.07) is 68.2. The molecule has 0 aliphatic carbocycles. The van der Waals surface area contributed by atoms with Crippen LogP contribution in [0.15, 0.2) is 182 Å². The van der Waals surface area contributed by atoms with Crippen LogP contribution in [0.2, 0.25) is 0 Å². The van der Waals surface area contributed by atoms with Crippen molar-refractivity contribution in [1.82, 2.24) is 0 Å². The van der Waals surface area contributed by atoms with Crippen LogP contribution in [0.3, 0.4) is 0 Å². The molecule has 0 amide bonds. The summed E-state index contributed by atoms with van der Waals surface area (Å²) in [5.41, 5.74) is 0. The average molecular weight is 1110 g/mol. The van der Waals surface area contributed by atoms with E-state index in [4.69, 9.17) is 0 Å². The molecule has 0 aliphatic heterocycles. The molecule has 0 fully saturated rings. The summed E-state index contributed by atoms with van der Waals surface area (Å²) in [5, 5.41) is 0. The van der Waals surface area contributed by atoms with Crippen molar-refractivity contribution in [3.8, 4) is 0 Å². The Morgan fingerprint density at radius 2 is 0.458 bits per heavy atom. The number of hydrogen-bond acceptors (Lipinski definition) is 0. The van der Waals surface area contributed by atoms with Crippen LogP contribution in [0.25, 0.3) is 0 Å². The first kappa shape index (κ1) is 34.6. The Kier molecular flexibility index (Phi) is 12.9. The fourth-order valence-electron chi connectivity index (χ4n) is 4.81. The summed E-state index contributed by atoms with van der Waals surface area (Å²) >= 11 is -0.475. The Balaban J connectivity index is 1.56. The first-order chi connectivity index (χ1) is 23.8. The quantitative estimate of drug-likeness (QED) is 0.147. The van der Waals surface area contributed by atoms with Gasteiger partial charge in [0.05, 0.1) is 0 Å². The molecule has 48 heavy (non-hydrogen) atoms. The van der Waals surface area contributed by atoms with Gasteiger partial charge in [0.15, 0.2) is 0 Å². The van der Waals surface area contributed by atoms with Crippen molar-refractivity contribution in [2.24, 2.45) is 0 Å². The molecular weight excluding hydrogens is 1080 g/mol. The topological polar surface area (TPSA) is 0 Å². The molecule has 0 atom stereocenters. The van der Waals surface area contributed by atoms with Crippen molar-refractivity contribution in [3.63, 3.8) is 0 Å². The molecule has 0 saturated heterocycles. The van der Waals surface area contributed by atoms with E-state index in [9.17, 15) is 0 Å². The molecule has 0 saturated carbocycles. The molecule has 0 spiro atoms. The van der Waals surface area contributed by atoms with Gasteiger partial charge in [-0.05, 0) is 0 Å². The maximum atomic E-state index is 2.39. The Bertz CT molecular complexity index is 1630. The molecule has 0 aromatic heterocycles. The van der Waals surface area contributed by atoms with E-state index in [1.807, 2.05) is 0 Å². The molecule has 234 valence electrons. The van der Waals surface area contributed by atoms with E-state index in [1.54, 1.807) is 25.1 Å². The average Bonchev–Trinajstić information content (AvgIpc) is 3.15. The molecule has 7 aromatic carbocycles. The van der Waals surface area contributed by atoms with E-state index in [2.05, 4.69) is 182 Å². The first-order valence-corrected chi connectivity index (χ1v) is 26.9. The van der Waals surface area contributed by atoms with Crippen molar-refractivity contribution >= 4 is 152 Å². The van der Waals surface area contributed by atoms with Crippen LogP contribution in [0, 0.1) is 0 Å². The molecule has 0 radical (unpaired) electrons. The van der Waals surface area contributed by atoms with Crippen LogP contribution in [0.1, 0.15) is 0 Å². The monoisotopic (exact) mass is 1110 g/mol. The molecule has 0 unspecified atom stereocenters. The second-order valence-corrected chi connectivity index (χ2v) is 25.7. The molecule has 0 heterocycles. The van der Waals surface area contributed by atoms with E-state index < -0.39 is 41.8 Å². The second-order valence-electron chi connectivity index (χ2n) is 10.5. The predicted octanol–water partition coefficient (Wildman–Crippen LogP) is -0.383. The standard InChI is InChI=1S/C42H30Se4Te2/c1-7-19-31(20-8-1)43-37-38(44-32-21-9-2-10-22-32)42(48-36-29-17-6-18-30-36)40(46-34-25-13-4-14-26-34)39(45-33-23-11-3-12-24-33)41(37)47-35-27-15-5-16-28-35/h1-30H. The van der Waals surface area contributed by atoms with E-state index >= 15 is 0 Å².